The van der Waals surface area contributed by atoms with Gasteiger partial charge in [0.25, 0.3) is 0 Å². The summed E-state index contributed by atoms with van der Waals surface area (Å²) in [5, 5.41) is 10.9. The van der Waals surface area contributed by atoms with Crippen molar-refractivity contribution in [1.29, 1.82) is 0 Å². The number of hydrogen-bond acceptors (Lipinski definition) is 4. The van der Waals surface area contributed by atoms with E-state index in [2.05, 4.69) is 5.32 Å². The van der Waals surface area contributed by atoms with E-state index in [1.54, 1.807) is 12.1 Å². The number of carbonyl (C=O) groups is 3. The van der Waals surface area contributed by atoms with Crippen LogP contribution >= 0.6 is 0 Å². The van der Waals surface area contributed by atoms with Crippen LogP contribution in [0.4, 0.5) is 5.69 Å². The molecule has 0 saturated heterocycles. The average Bonchev–Trinajstić information content (AvgIpc) is 2.18. The van der Waals surface area contributed by atoms with Crippen molar-refractivity contribution in [2.75, 3.05) is 5.32 Å². The fourth-order valence-electron chi connectivity index (χ4n) is 1.10. The summed E-state index contributed by atoms with van der Waals surface area (Å²) in [4.78, 5) is 32.0. The Morgan fingerprint density at radius 1 is 1.24 bits per heavy atom. The summed E-state index contributed by atoms with van der Waals surface area (Å²) in [6.07, 6.45) is -0.687. The molecule has 0 aliphatic rings. The molecule has 0 radical (unpaired) electrons. The van der Waals surface area contributed by atoms with Crippen molar-refractivity contribution in [3.05, 3.63) is 24.3 Å². The van der Waals surface area contributed by atoms with Gasteiger partial charge in [0.1, 0.15) is 12.2 Å². The third kappa shape index (κ3) is 4.78. The zero-order valence-corrected chi connectivity index (χ0v) is 9.10. The number of anilines is 1. The van der Waals surface area contributed by atoms with Gasteiger partial charge in [-0.1, -0.05) is 0 Å². The van der Waals surface area contributed by atoms with Crippen molar-refractivity contribution >= 4 is 23.5 Å². The Hall–Kier alpha value is -2.37. The van der Waals surface area contributed by atoms with Crippen molar-refractivity contribution in [2.24, 2.45) is 0 Å². The standard InChI is InChI=1S/C11H11NO5/c1-7(13)12-8-2-4-9(5-3-8)17-11(16)6-10(14)15/h2-5H,6H2,1H3,(H,12,13)(H,14,15). The minimum Gasteiger partial charge on any atom is -0.481 e. The van der Waals surface area contributed by atoms with E-state index in [-0.39, 0.29) is 11.7 Å². The lowest BCUT2D eigenvalue weighted by Gasteiger charge is -2.04. The number of carbonyl (C=O) groups excluding carboxylic acids is 2. The van der Waals surface area contributed by atoms with E-state index in [0.717, 1.165) is 0 Å². The van der Waals surface area contributed by atoms with Gasteiger partial charge in [-0.15, -0.1) is 0 Å². The maximum Gasteiger partial charge on any atom is 0.322 e. The molecule has 0 unspecified atom stereocenters. The summed E-state index contributed by atoms with van der Waals surface area (Å²) in [6.45, 7) is 1.38. The Kier molecular flexibility index (Phi) is 4.21. The van der Waals surface area contributed by atoms with Crippen LogP contribution in [0.25, 0.3) is 0 Å². The number of nitrogens with one attached hydrogen (secondary N) is 1. The van der Waals surface area contributed by atoms with Gasteiger partial charge in [-0.25, -0.2) is 0 Å². The van der Waals surface area contributed by atoms with Crippen LogP contribution in [-0.4, -0.2) is 23.0 Å². The molecule has 0 bridgehead atoms. The molecule has 0 atom stereocenters. The third-order valence-electron chi connectivity index (χ3n) is 1.70. The predicted octanol–water partition coefficient (Wildman–Crippen LogP) is 1.03. The van der Waals surface area contributed by atoms with E-state index in [1.807, 2.05) is 0 Å². The SMILES string of the molecule is CC(=O)Nc1ccc(OC(=O)CC(=O)O)cc1. The van der Waals surface area contributed by atoms with Gasteiger partial charge in [0.2, 0.25) is 5.91 Å². The van der Waals surface area contributed by atoms with Gasteiger partial charge in [0.05, 0.1) is 0 Å². The molecule has 90 valence electrons. The maximum absolute atomic E-state index is 11.0. The lowest BCUT2D eigenvalue weighted by atomic mass is 10.3. The molecular formula is C11H11NO5. The Labute approximate surface area is 97.2 Å². The predicted molar refractivity (Wildman–Crippen MR) is 58.6 cm³/mol. The number of benzene rings is 1. The first-order chi connectivity index (χ1) is 7.97. The quantitative estimate of drug-likeness (QED) is 0.463. The first-order valence-corrected chi connectivity index (χ1v) is 4.77. The fraction of sp³-hybridized carbons (Fsp3) is 0.182. The van der Waals surface area contributed by atoms with Crippen molar-refractivity contribution in [3.63, 3.8) is 0 Å². The van der Waals surface area contributed by atoms with E-state index in [0.29, 0.717) is 5.69 Å². The Balaban J connectivity index is 2.59. The molecule has 0 fully saturated rings. The topological polar surface area (TPSA) is 92.7 Å². The zero-order chi connectivity index (χ0) is 12.8. The highest BCUT2D eigenvalue weighted by molar-refractivity contribution is 5.91. The van der Waals surface area contributed by atoms with Gasteiger partial charge in [-0.2, -0.15) is 0 Å². The van der Waals surface area contributed by atoms with Crippen LogP contribution in [0.5, 0.6) is 5.75 Å². The van der Waals surface area contributed by atoms with Crippen LogP contribution in [0.2, 0.25) is 0 Å². The lowest BCUT2D eigenvalue weighted by Crippen LogP contribution is -2.13. The lowest BCUT2D eigenvalue weighted by molar-refractivity contribution is -0.145. The van der Waals surface area contributed by atoms with Crippen LogP contribution in [0.3, 0.4) is 0 Å². The first kappa shape index (κ1) is 12.7. The highest BCUT2D eigenvalue weighted by atomic mass is 16.5. The Bertz CT molecular complexity index is 438. The summed E-state index contributed by atoms with van der Waals surface area (Å²) < 4.78 is 4.75. The summed E-state index contributed by atoms with van der Waals surface area (Å²) in [5.74, 6) is -2.07. The highest BCUT2D eigenvalue weighted by Gasteiger charge is 2.09. The number of carboxylic acids is 1. The van der Waals surface area contributed by atoms with Crippen LogP contribution < -0.4 is 10.1 Å². The molecule has 1 amide bonds. The van der Waals surface area contributed by atoms with Crippen LogP contribution in [-0.2, 0) is 14.4 Å². The molecule has 2 N–H and O–H groups in total. The molecule has 0 aromatic heterocycles. The second-order valence-electron chi connectivity index (χ2n) is 3.25. The van der Waals surface area contributed by atoms with Crippen LogP contribution in [0.1, 0.15) is 13.3 Å². The van der Waals surface area contributed by atoms with Gasteiger partial charge in [-0.05, 0) is 24.3 Å². The normalized spacial score (nSPS) is 9.47. The minimum atomic E-state index is -1.25. The van der Waals surface area contributed by atoms with E-state index in [1.165, 1.54) is 19.1 Å². The van der Waals surface area contributed by atoms with E-state index in [4.69, 9.17) is 9.84 Å². The monoisotopic (exact) mass is 237 g/mol. The number of ether oxygens (including phenoxy) is 1. The van der Waals surface area contributed by atoms with Gasteiger partial charge < -0.3 is 15.2 Å². The number of esters is 1. The zero-order valence-electron chi connectivity index (χ0n) is 9.10. The smallest absolute Gasteiger partial charge is 0.322 e. The molecule has 17 heavy (non-hydrogen) atoms. The summed E-state index contributed by atoms with van der Waals surface area (Å²) in [6, 6.07) is 6.02. The highest BCUT2D eigenvalue weighted by Crippen LogP contribution is 2.16. The average molecular weight is 237 g/mol. The summed E-state index contributed by atoms with van der Waals surface area (Å²) >= 11 is 0. The number of rotatable bonds is 4. The minimum absolute atomic E-state index is 0.208. The molecule has 6 nitrogen and oxygen atoms in total. The van der Waals surface area contributed by atoms with Crippen molar-refractivity contribution < 1.29 is 24.2 Å². The number of hydrogen-bond donors (Lipinski definition) is 2. The summed E-state index contributed by atoms with van der Waals surface area (Å²) in [5.41, 5.74) is 0.565. The van der Waals surface area contributed by atoms with Crippen molar-refractivity contribution in [3.8, 4) is 5.75 Å². The Morgan fingerprint density at radius 2 is 1.82 bits per heavy atom. The molecule has 1 aromatic carbocycles. The van der Waals surface area contributed by atoms with Gasteiger partial charge in [0, 0.05) is 12.6 Å². The van der Waals surface area contributed by atoms with E-state index in [9.17, 15) is 14.4 Å². The van der Waals surface area contributed by atoms with Crippen LogP contribution in [0.15, 0.2) is 24.3 Å². The molecule has 1 aromatic rings. The molecule has 0 aliphatic heterocycles. The van der Waals surface area contributed by atoms with E-state index < -0.39 is 18.4 Å². The molecule has 0 heterocycles. The van der Waals surface area contributed by atoms with Gasteiger partial charge in [0.15, 0.2) is 0 Å². The number of amides is 1. The molecule has 0 saturated carbocycles. The van der Waals surface area contributed by atoms with E-state index >= 15 is 0 Å². The number of carboxylic acid groups (broad SMARTS) is 1. The molecule has 1 rings (SSSR count). The molecular weight excluding hydrogens is 226 g/mol. The third-order valence-corrected chi connectivity index (χ3v) is 1.70. The van der Waals surface area contributed by atoms with Crippen molar-refractivity contribution in [2.45, 2.75) is 13.3 Å². The maximum atomic E-state index is 11.0. The van der Waals surface area contributed by atoms with Crippen LogP contribution in [0, 0.1) is 0 Å². The molecule has 0 spiro atoms. The summed E-state index contributed by atoms with van der Waals surface area (Å²) in [7, 11) is 0. The van der Waals surface area contributed by atoms with Gasteiger partial charge in [-0.3, -0.25) is 14.4 Å². The van der Waals surface area contributed by atoms with Crippen molar-refractivity contribution in [1.82, 2.24) is 0 Å². The molecule has 0 aliphatic carbocycles. The fourth-order valence-corrected chi connectivity index (χ4v) is 1.10. The largest absolute Gasteiger partial charge is 0.481 e. The second-order valence-corrected chi connectivity index (χ2v) is 3.25. The van der Waals surface area contributed by atoms with Gasteiger partial charge >= 0.3 is 11.9 Å². The first-order valence-electron chi connectivity index (χ1n) is 4.77. The molecule has 6 heteroatoms. The number of aliphatic carboxylic acids is 1. The second kappa shape index (κ2) is 5.64. The Morgan fingerprint density at radius 3 is 2.29 bits per heavy atom.